The third kappa shape index (κ3) is 6.54. The number of amides is 5. The molecule has 1 spiro atoms. The number of hydrogen-bond acceptors (Lipinski definition) is 11. The van der Waals surface area contributed by atoms with Gasteiger partial charge in [-0.05, 0) is 73.6 Å². The summed E-state index contributed by atoms with van der Waals surface area (Å²) in [6.45, 7) is 10.3. The Balaban J connectivity index is 0.751. The van der Waals surface area contributed by atoms with Crippen molar-refractivity contribution < 1.29 is 28.4 Å². The molecule has 0 aliphatic carbocycles. The van der Waals surface area contributed by atoms with Crippen LogP contribution in [0.1, 0.15) is 68.7 Å². The number of imide groups is 2. The number of carbonyl (C=O) groups is 5. The van der Waals surface area contributed by atoms with Crippen molar-refractivity contribution in [1.29, 1.82) is 5.26 Å². The third-order valence-electron chi connectivity index (χ3n) is 12.8. The van der Waals surface area contributed by atoms with Gasteiger partial charge in [-0.15, -0.1) is 0 Å². The Labute approximate surface area is 339 Å². The standard InChI is InChI=1S/C42H41ClFN9O5/c1-25-19-42(24-52(25)28-4-2-26(20-45)32(43)16-28)8-10-49(11-9-42)36-6-3-27(21-46-36)39(56)50-14-12-48(13-15-50)29-22-51(23-29)35-18-31-30(17-33(35)44)40(57)53(41(31)58)34-5-7-37(54)47-38(34)55/h2-4,6,16-18,21,29,34H,1,5,7-15,19,22-24H2,(H,47,54,55). The fourth-order valence-corrected chi connectivity index (χ4v) is 9.61. The third-order valence-corrected chi connectivity index (χ3v) is 13.1. The summed E-state index contributed by atoms with van der Waals surface area (Å²) < 4.78 is 15.4. The van der Waals surface area contributed by atoms with E-state index in [2.05, 4.69) is 32.7 Å². The van der Waals surface area contributed by atoms with Crippen LogP contribution in [0.2, 0.25) is 5.02 Å². The van der Waals surface area contributed by atoms with Crippen LogP contribution in [0, 0.1) is 22.6 Å². The van der Waals surface area contributed by atoms with Crippen LogP contribution in [0.5, 0.6) is 0 Å². The number of nitriles is 1. The van der Waals surface area contributed by atoms with Crippen molar-refractivity contribution in [1.82, 2.24) is 25.0 Å². The topological polar surface area (TPSA) is 154 Å². The normalized spacial score (nSPS) is 22.4. The summed E-state index contributed by atoms with van der Waals surface area (Å²) in [6, 6.07) is 12.9. The number of hydrogen-bond donors (Lipinski definition) is 1. The molecule has 9 rings (SSSR count). The molecule has 5 saturated heterocycles. The Bertz CT molecular complexity index is 2310. The number of nitrogens with zero attached hydrogens (tertiary/aromatic N) is 8. The number of aromatic nitrogens is 1. The molecule has 14 nitrogen and oxygen atoms in total. The molecule has 1 aromatic heterocycles. The average Bonchev–Trinajstić information content (AvgIpc) is 3.65. The minimum Gasteiger partial charge on any atom is -0.366 e. The maximum atomic E-state index is 15.4. The first kappa shape index (κ1) is 37.7. The van der Waals surface area contributed by atoms with Crippen LogP contribution in [0.25, 0.3) is 0 Å². The quantitative estimate of drug-likeness (QED) is 0.362. The number of carbonyl (C=O) groups excluding carboxylic acids is 5. The Kier molecular flexibility index (Phi) is 9.44. The molecule has 5 amide bonds. The molecule has 5 fully saturated rings. The van der Waals surface area contributed by atoms with Gasteiger partial charge in [-0.1, -0.05) is 18.2 Å². The molecule has 0 bridgehead atoms. The van der Waals surface area contributed by atoms with Gasteiger partial charge >= 0.3 is 0 Å². The predicted molar refractivity (Wildman–Crippen MR) is 212 cm³/mol. The molecule has 1 N–H and O–H groups in total. The Morgan fingerprint density at radius 2 is 1.67 bits per heavy atom. The van der Waals surface area contributed by atoms with E-state index in [1.165, 1.54) is 6.07 Å². The van der Waals surface area contributed by atoms with Gasteiger partial charge in [-0.2, -0.15) is 5.26 Å². The Morgan fingerprint density at radius 3 is 2.33 bits per heavy atom. The van der Waals surface area contributed by atoms with Crippen LogP contribution >= 0.6 is 11.6 Å². The van der Waals surface area contributed by atoms with Gasteiger partial charge in [0.1, 0.15) is 23.7 Å². The van der Waals surface area contributed by atoms with Crippen molar-refractivity contribution in [3.05, 3.63) is 94.0 Å². The number of pyridine rings is 1. The minimum absolute atomic E-state index is 0.00460. The van der Waals surface area contributed by atoms with E-state index in [0.29, 0.717) is 55.4 Å². The predicted octanol–water partition coefficient (Wildman–Crippen LogP) is 3.80. The summed E-state index contributed by atoms with van der Waals surface area (Å²) in [4.78, 5) is 79.8. The van der Waals surface area contributed by atoms with Gasteiger partial charge in [0.2, 0.25) is 11.8 Å². The number of benzene rings is 2. The molecule has 298 valence electrons. The lowest BCUT2D eigenvalue weighted by atomic mass is 9.77. The molecular weight excluding hydrogens is 765 g/mol. The molecule has 58 heavy (non-hydrogen) atoms. The SMILES string of the molecule is C=C1CC2(CCN(c3ccc(C(=O)N4CCN(C5CN(c6cc7c(cc6F)C(=O)N(C6CCC(=O)NC6=O)C7=O)C5)CC4)cn3)CC2)CN1c1ccc(C#N)c(Cl)c1. The lowest BCUT2D eigenvalue weighted by Gasteiger charge is -2.49. The largest absolute Gasteiger partial charge is 0.366 e. The molecular formula is C42H41ClFN9O5. The maximum Gasteiger partial charge on any atom is 0.262 e. The highest BCUT2D eigenvalue weighted by Gasteiger charge is 2.47. The van der Waals surface area contributed by atoms with Gasteiger partial charge in [0.25, 0.3) is 17.7 Å². The fourth-order valence-electron chi connectivity index (χ4n) is 9.39. The Hall–Kier alpha value is -5.85. The molecule has 0 saturated carbocycles. The smallest absolute Gasteiger partial charge is 0.262 e. The Morgan fingerprint density at radius 1 is 0.948 bits per heavy atom. The summed E-state index contributed by atoms with van der Waals surface area (Å²) in [5.41, 5.74) is 3.29. The van der Waals surface area contributed by atoms with Gasteiger partial charge in [0.05, 0.1) is 33.0 Å². The van der Waals surface area contributed by atoms with Gasteiger partial charge in [-0.25, -0.2) is 9.37 Å². The molecule has 0 radical (unpaired) electrons. The molecule has 2 aromatic carbocycles. The second-order valence-electron chi connectivity index (χ2n) is 16.2. The number of fused-ring (bicyclic) bond motifs is 1. The first-order chi connectivity index (χ1) is 27.9. The van der Waals surface area contributed by atoms with Crippen molar-refractivity contribution in [2.24, 2.45) is 5.41 Å². The molecule has 16 heteroatoms. The van der Waals surface area contributed by atoms with Crippen LogP contribution in [0.3, 0.4) is 0 Å². The number of rotatable bonds is 6. The molecule has 1 unspecified atom stereocenters. The van der Waals surface area contributed by atoms with Gasteiger partial charge in [0.15, 0.2) is 0 Å². The molecule has 3 aromatic rings. The number of halogens is 2. The molecule has 6 aliphatic heterocycles. The van der Waals surface area contributed by atoms with Crippen molar-refractivity contribution >= 4 is 58.3 Å². The summed E-state index contributed by atoms with van der Waals surface area (Å²) in [5.74, 6) is -2.43. The van der Waals surface area contributed by atoms with Gasteiger partial charge in [0, 0.05) is 88.9 Å². The summed E-state index contributed by atoms with van der Waals surface area (Å²) in [6.07, 6.45) is 4.56. The van der Waals surface area contributed by atoms with Crippen LogP contribution in [-0.2, 0) is 9.59 Å². The van der Waals surface area contributed by atoms with E-state index < -0.39 is 35.5 Å². The monoisotopic (exact) mass is 805 g/mol. The van der Waals surface area contributed by atoms with E-state index in [1.807, 2.05) is 34.1 Å². The number of piperidine rings is 2. The number of allylic oxidation sites excluding steroid dienone is 1. The first-order valence-corrected chi connectivity index (χ1v) is 20.0. The lowest BCUT2D eigenvalue weighted by Crippen LogP contribution is -2.63. The number of piperazine rings is 1. The second kappa shape index (κ2) is 14.5. The van der Waals surface area contributed by atoms with E-state index in [-0.39, 0.29) is 47.0 Å². The van der Waals surface area contributed by atoms with Crippen molar-refractivity contribution in [3.63, 3.8) is 0 Å². The molecule has 7 heterocycles. The van der Waals surface area contributed by atoms with E-state index in [9.17, 15) is 29.2 Å². The highest BCUT2D eigenvalue weighted by atomic mass is 35.5. The average molecular weight is 806 g/mol. The number of anilines is 3. The first-order valence-electron chi connectivity index (χ1n) is 19.6. The van der Waals surface area contributed by atoms with E-state index >= 15 is 4.39 Å². The zero-order chi connectivity index (χ0) is 40.5. The highest BCUT2D eigenvalue weighted by molar-refractivity contribution is 6.32. The van der Waals surface area contributed by atoms with E-state index in [0.717, 1.165) is 67.1 Å². The number of nitrogens with one attached hydrogen (secondary N) is 1. The van der Waals surface area contributed by atoms with Crippen molar-refractivity contribution in [2.45, 2.75) is 44.2 Å². The summed E-state index contributed by atoms with van der Waals surface area (Å²) in [7, 11) is 0. The van der Waals surface area contributed by atoms with Crippen molar-refractivity contribution in [3.8, 4) is 6.07 Å². The lowest BCUT2D eigenvalue weighted by molar-refractivity contribution is -0.136. The summed E-state index contributed by atoms with van der Waals surface area (Å²) in [5, 5.41) is 11.9. The molecule has 6 aliphatic rings. The van der Waals surface area contributed by atoms with Crippen LogP contribution < -0.4 is 20.0 Å². The second-order valence-corrected chi connectivity index (χ2v) is 16.6. The minimum atomic E-state index is -1.12. The van der Waals surface area contributed by atoms with Crippen LogP contribution in [0.15, 0.2) is 60.9 Å². The zero-order valence-corrected chi connectivity index (χ0v) is 32.5. The summed E-state index contributed by atoms with van der Waals surface area (Å²) >= 11 is 6.33. The van der Waals surface area contributed by atoms with Crippen LogP contribution in [-0.4, -0.2) is 120 Å². The highest BCUT2D eigenvalue weighted by Crippen LogP contribution is 2.47. The molecule has 1 atom stereocenters. The van der Waals surface area contributed by atoms with E-state index in [4.69, 9.17) is 16.6 Å². The van der Waals surface area contributed by atoms with E-state index in [1.54, 1.807) is 12.3 Å². The van der Waals surface area contributed by atoms with Gasteiger partial charge in [-0.3, -0.25) is 39.1 Å². The van der Waals surface area contributed by atoms with Gasteiger partial charge < -0.3 is 19.6 Å². The van der Waals surface area contributed by atoms with Crippen molar-refractivity contribution in [2.75, 3.05) is 73.6 Å². The maximum absolute atomic E-state index is 15.4. The fraction of sp³-hybridized carbons (Fsp3) is 0.405. The zero-order valence-electron chi connectivity index (χ0n) is 31.8. The van der Waals surface area contributed by atoms with Crippen LogP contribution in [0.4, 0.5) is 21.6 Å².